The van der Waals surface area contributed by atoms with Gasteiger partial charge in [-0.05, 0) is 19.9 Å². The van der Waals surface area contributed by atoms with E-state index in [-0.39, 0.29) is 23.5 Å². The minimum atomic E-state index is -3.25. The number of carbonyl (C=O) groups is 1. The molecule has 5 nitrogen and oxygen atoms in total. The van der Waals surface area contributed by atoms with Crippen molar-refractivity contribution in [3.63, 3.8) is 0 Å². The van der Waals surface area contributed by atoms with Crippen molar-refractivity contribution in [1.29, 1.82) is 0 Å². The second kappa shape index (κ2) is 7.85. The molecule has 0 spiro atoms. The fraction of sp³-hybridized carbons (Fsp3) is 0.923. The van der Waals surface area contributed by atoms with Crippen molar-refractivity contribution in [1.82, 2.24) is 5.32 Å². The number of hydrogen-bond donors (Lipinski definition) is 1. The quantitative estimate of drug-likeness (QED) is 0.772. The Hall–Kier alpha value is -0.620. The van der Waals surface area contributed by atoms with Crippen molar-refractivity contribution >= 4 is 15.8 Å². The van der Waals surface area contributed by atoms with Crippen molar-refractivity contribution in [2.24, 2.45) is 0 Å². The van der Waals surface area contributed by atoms with Crippen LogP contribution in [0, 0.1) is 0 Å². The van der Waals surface area contributed by atoms with E-state index in [9.17, 15) is 13.2 Å². The van der Waals surface area contributed by atoms with Crippen molar-refractivity contribution in [3.8, 4) is 0 Å². The first-order chi connectivity index (χ1) is 9.01. The Balaban J connectivity index is 2.72. The first-order valence-corrected chi connectivity index (χ1v) is 8.68. The van der Waals surface area contributed by atoms with Gasteiger partial charge in [0.15, 0.2) is 9.84 Å². The number of sulfone groups is 1. The maximum atomic E-state index is 12.4. The zero-order valence-corrected chi connectivity index (χ0v) is 12.7. The van der Waals surface area contributed by atoms with E-state index in [0.29, 0.717) is 6.42 Å². The highest BCUT2D eigenvalue weighted by molar-refractivity contribution is 7.92. The van der Waals surface area contributed by atoms with Crippen LogP contribution in [0.4, 0.5) is 0 Å². The lowest BCUT2D eigenvalue weighted by atomic mass is 9.96. The summed E-state index contributed by atoms with van der Waals surface area (Å²) in [4.78, 5) is 11.1. The Labute approximate surface area is 116 Å². The Bertz CT molecular complexity index is 380. The second-order valence-corrected chi connectivity index (χ2v) is 7.46. The topological polar surface area (TPSA) is 72.5 Å². The first-order valence-electron chi connectivity index (χ1n) is 6.97. The molecule has 0 aromatic carbocycles. The lowest BCUT2D eigenvalue weighted by Crippen LogP contribution is -2.44. The molecule has 0 aliphatic heterocycles. The van der Waals surface area contributed by atoms with Gasteiger partial charge in [0.2, 0.25) is 0 Å². The van der Waals surface area contributed by atoms with Gasteiger partial charge in [-0.1, -0.05) is 25.7 Å². The number of methoxy groups -OCH3 is 1. The van der Waals surface area contributed by atoms with Crippen molar-refractivity contribution in [2.45, 2.75) is 56.2 Å². The van der Waals surface area contributed by atoms with Crippen LogP contribution in [0.25, 0.3) is 0 Å². The highest BCUT2D eigenvalue weighted by Gasteiger charge is 2.33. The number of carbonyl (C=O) groups excluding carboxylic acids is 1. The summed E-state index contributed by atoms with van der Waals surface area (Å²) in [5.74, 6) is -0.571. The van der Waals surface area contributed by atoms with Crippen LogP contribution in [0.1, 0.15) is 44.9 Å². The SMILES string of the molecule is CNC1CCCCCCC1S(=O)(=O)CCC(=O)OC. The molecule has 1 fully saturated rings. The summed E-state index contributed by atoms with van der Waals surface area (Å²) in [5, 5.41) is 2.76. The van der Waals surface area contributed by atoms with Gasteiger partial charge in [-0.3, -0.25) is 4.79 Å². The van der Waals surface area contributed by atoms with Crippen LogP contribution in [0.15, 0.2) is 0 Å². The smallest absolute Gasteiger partial charge is 0.306 e. The number of hydrogen-bond acceptors (Lipinski definition) is 5. The molecule has 112 valence electrons. The van der Waals surface area contributed by atoms with Crippen LogP contribution in [-0.2, 0) is 19.4 Å². The third-order valence-electron chi connectivity index (χ3n) is 3.85. The molecule has 1 saturated carbocycles. The standard InChI is InChI=1S/C13H25NO4S/c1-14-11-7-5-3-4-6-8-12(11)19(16,17)10-9-13(15)18-2/h11-12,14H,3-10H2,1-2H3. The largest absolute Gasteiger partial charge is 0.469 e. The monoisotopic (exact) mass is 291 g/mol. The average molecular weight is 291 g/mol. The van der Waals surface area contributed by atoms with Crippen LogP contribution in [0.5, 0.6) is 0 Å². The van der Waals surface area contributed by atoms with Crippen molar-refractivity contribution < 1.29 is 17.9 Å². The molecule has 0 aromatic heterocycles. The summed E-state index contributed by atoms with van der Waals surface area (Å²) in [6.45, 7) is 0. The third-order valence-corrected chi connectivity index (χ3v) is 6.11. The highest BCUT2D eigenvalue weighted by atomic mass is 32.2. The predicted octanol–water partition coefficient (Wildman–Crippen LogP) is 1.28. The number of rotatable bonds is 5. The fourth-order valence-electron chi connectivity index (χ4n) is 2.69. The molecule has 0 saturated heterocycles. The van der Waals surface area contributed by atoms with Crippen LogP contribution < -0.4 is 5.32 Å². The normalized spacial score (nSPS) is 25.4. The Kier molecular flexibility index (Phi) is 6.79. The van der Waals surface area contributed by atoms with Crippen LogP contribution in [0.3, 0.4) is 0 Å². The molecule has 1 rings (SSSR count). The highest BCUT2D eigenvalue weighted by Crippen LogP contribution is 2.24. The number of esters is 1. The van der Waals surface area contributed by atoms with Gasteiger partial charge in [0, 0.05) is 6.04 Å². The number of ether oxygens (including phenoxy) is 1. The van der Waals surface area contributed by atoms with E-state index in [1.54, 1.807) is 0 Å². The Morgan fingerprint density at radius 3 is 2.42 bits per heavy atom. The average Bonchev–Trinajstić information content (AvgIpc) is 2.35. The van der Waals surface area contributed by atoms with Gasteiger partial charge in [0.05, 0.1) is 24.5 Å². The fourth-order valence-corrected chi connectivity index (χ4v) is 4.74. The molecule has 0 radical (unpaired) electrons. The van der Waals surface area contributed by atoms with Gasteiger partial charge >= 0.3 is 5.97 Å². The molecule has 1 aliphatic carbocycles. The molecule has 0 bridgehead atoms. The third kappa shape index (κ3) is 5.10. The molecule has 6 heteroatoms. The summed E-state index contributed by atoms with van der Waals surface area (Å²) in [5.41, 5.74) is 0. The molecular formula is C13H25NO4S. The molecule has 0 amide bonds. The lowest BCUT2D eigenvalue weighted by Gasteiger charge is -2.28. The Morgan fingerprint density at radius 1 is 1.21 bits per heavy atom. The Morgan fingerprint density at radius 2 is 1.84 bits per heavy atom. The molecule has 2 unspecified atom stereocenters. The zero-order valence-electron chi connectivity index (χ0n) is 11.9. The first kappa shape index (κ1) is 16.4. The predicted molar refractivity (Wildman–Crippen MR) is 74.8 cm³/mol. The van der Waals surface area contributed by atoms with Gasteiger partial charge in [0.1, 0.15) is 0 Å². The molecule has 1 N–H and O–H groups in total. The van der Waals surface area contributed by atoms with Gasteiger partial charge in [0.25, 0.3) is 0 Å². The maximum absolute atomic E-state index is 12.4. The summed E-state index contributed by atoms with van der Waals surface area (Å²) in [7, 11) is -0.159. The van der Waals surface area contributed by atoms with E-state index in [2.05, 4.69) is 10.1 Å². The van der Waals surface area contributed by atoms with E-state index in [1.165, 1.54) is 13.5 Å². The molecule has 0 heterocycles. The van der Waals surface area contributed by atoms with Crippen LogP contribution in [-0.4, -0.2) is 45.6 Å². The van der Waals surface area contributed by atoms with Gasteiger partial charge < -0.3 is 10.1 Å². The minimum Gasteiger partial charge on any atom is -0.469 e. The van der Waals surface area contributed by atoms with Gasteiger partial charge in [-0.15, -0.1) is 0 Å². The summed E-state index contributed by atoms with van der Waals surface area (Å²) < 4.78 is 29.3. The van der Waals surface area contributed by atoms with Crippen molar-refractivity contribution in [2.75, 3.05) is 19.9 Å². The number of nitrogens with one attached hydrogen (secondary N) is 1. The summed E-state index contributed by atoms with van der Waals surface area (Å²) in [6, 6.07) is 0.00273. The van der Waals surface area contributed by atoms with E-state index < -0.39 is 15.8 Å². The molecule has 0 aromatic rings. The van der Waals surface area contributed by atoms with Gasteiger partial charge in [-0.2, -0.15) is 0 Å². The van der Waals surface area contributed by atoms with Crippen molar-refractivity contribution in [3.05, 3.63) is 0 Å². The lowest BCUT2D eigenvalue weighted by molar-refractivity contribution is -0.140. The summed E-state index contributed by atoms with van der Waals surface area (Å²) in [6.07, 6.45) is 5.81. The summed E-state index contributed by atoms with van der Waals surface area (Å²) >= 11 is 0. The van der Waals surface area contributed by atoms with Crippen LogP contribution in [0.2, 0.25) is 0 Å². The van der Waals surface area contributed by atoms with E-state index in [1.807, 2.05) is 7.05 Å². The van der Waals surface area contributed by atoms with Gasteiger partial charge in [-0.25, -0.2) is 8.42 Å². The second-order valence-electron chi connectivity index (χ2n) is 5.12. The van der Waals surface area contributed by atoms with E-state index in [0.717, 1.165) is 25.7 Å². The molecule has 19 heavy (non-hydrogen) atoms. The molecule has 1 aliphatic rings. The molecule has 2 atom stereocenters. The minimum absolute atomic E-state index is 0.00273. The zero-order chi connectivity index (χ0) is 14.3. The molecular weight excluding hydrogens is 266 g/mol. The van der Waals surface area contributed by atoms with Crippen LogP contribution >= 0.6 is 0 Å². The van der Waals surface area contributed by atoms with E-state index >= 15 is 0 Å². The van der Waals surface area contributed by atoms with E-state index in [4.69, 9.17) is 0 Å². The maximum Gasteiger partial charge on any atom is 0.306 e.